The summed E-state index contributed by atoms with van der Waals surface area (Å²) in [6.45, 7) is 3.42. The number of anilines is 2. The lowest BCUT2D eigenvalue weighted by Gasteiger charge is -2.26. The summed E-state index contributed by atoms with van der Waals surface area (Å²) in [4.78, 5) is 13.0. The van der Waals surface area contributed by atoms with Gasteiger partial charge in [-0.2, -0.15) is 0 Å². The van der Waals surface area contributed by atoms with Crippen molar-refractivity contribution in [2.24, 2.45) is 0 Å². The molecular formula is C23H23ClN2O3S. The molecule has 0 bridgehead atoms. The first-order valence-corrected chi connectivity index (χ1v) is 11.4. The van der Waals surface area contributed by atoms with Crippen LogP contribution in [0.1, 0.15) is 18.1 Å². The molecular weight excluding hydrogens is 420 g/mol. The third-order valence-corrected chi connectivity index (χ3v) is 6.73. The zero-order chi connectivity index (χ0) is 21.7. The third-order valence-electron chi connectivity index (χ3n) is 4.72. The monoisotopic (exact) mass is 442 g/mol. The number of hydrogen-bond donors (Lipinski definition) is 1. The standard InChI is InChI=1S/C23H23ClN2O3S/c1-3-18-9-7-8-12-22(18)26(30(28,29)20-10-5-4-6-11-20)16-23(27)25-21-14-13-19(24)15-17(21)2/h4-15H,3,16H2,1-2H3,(H,25,27). The zero-order valence-corrected chi connectivity index (χ0v) is 18.4. The third kappa shape index (κ3) is 4.83. The van der Waals surface area contributed by atoms with Gasteiger partial charge in [-0.25, -0.2) is 8.42 Å². The lowest BCUT2D eigenvalue weighted by atomic mass is 10.1. The molecule has 0 atom stereocenters. The van der Waals surface area contributed by atoms with Gasteiger partial charge in [-0.05, 0) is 60.9 Å². The van der Waals surface area contributed by atoms with Gasteiger partial charge in [0.15, 0.2) is 0 Å². The van der Waals surface area contributed by atoms with Crippen molar-refractivity contribution in [1.82, 2.24) is 0 Å². The molecule has 0 aromatic heterocycles. The summed E-state index contributed by atoms with van der Waals surface area (Å²) in [7, 11) is -3.94. The first-order chi connectivity index (χ1) is 14.3. The molecule has 1 N–H and O–H groups in total. The largest absolute Gasteiger partial charge is 0.324 e. The van der Waals surface area contributed by atoms with E-state index in [2.05, 4.69) is 5.32 Å². The number of rotatable bonds is 7. The van der Waals surface area contributed by atoms with Gasteiger partial charge in [-0.3, -0.25) is 9.10 Å². The maximum atomic E-state index is 13.4. The molecule has 0 spiro atoms. The number of amides is 1. The smallest absolute Gasteiger partial charge is 0.264 e. The fourth-order valence-electron chi connectivity index (χ4n) is 3.16. The molecule has 1 amide bonds. The molecule has 3 aromatic rings. The highest BCUT2D eigenvalue weighted by Gasteiger charge is 2.28. The molecule has 3 rings (SSSR count). The van der Waals surface area contributed by atoms with E-state index in [1.165, 1.54) is 16.4 Å². The van der Waals surface area contributed by atoms with Crippen LogP contribution in [0.2, 0.25) is 5.02 Å². The predicted molar refractivity (Wildman–Crippen MR) is 122 cm³/mol. The molecule has 30 heavy (non-hydrogen) atoms. The minimum Gasteiger partial charge on any atom is -0.324 e. The number of nitrogens with zero attached hydrogens (tertiary/aromatic N) is 1. The van der Waals surface area contributed by atoms with E-state index in [1.807, 2.05) is 26.0 Å². The van der Waals surface area contributed by atoms with E-state index in [4.69, 9.17) is 11.6 Å². The highest BCUT2D eigenvalue weighted by atomic mass is 35.5. The number of aryl methyl sites for hydroxylation is 2. The number of nitrogens with one attached hydrogen (secondary N) is 1. The van der Waals surface area contributed by atoms with E-state index in [9.17, 15) is 13.2 Å². The Hall–Kier alpha value is -2.83. The Kier molecular flexibility index (Phi) is 6.80. The minimum atomic E-state index is -3.94. The highest BCUT2D eigenvalue weighted by molar-refractivity contribution is 7.92. The molecule has 0 saturated heterocycles. The van der Waals surface area contributed by atoms with Gasteiger partial charge in [-0.15, -0.1) is 0 Å². The molecule has 156 valence electrons. The first-order valence-electron chi connectivity index (χ1n) is 9.54. The Morgan fingerprint density at radius 2 is 1.67 bits per heavy atom. The Balaban J connectivity index is 1.98. The maximum absolute atomic E-state index is 13.4. The zero-order valence-electron chi connectivity index (χ0n) is 16.8. The topological polar surface area (TPSA) is 66.5 Å². The molecule has 0 radical (unpaired) electrons. The number of carbonyl (C=O) groups is 1. The second-order valence-electron chi connectivity index (χ2n) is 6.81. The van der Waals surface area contributed by atoms with Crippen molar-refractivity contribution in [1.29, 1.82) is 0 Å². The van der Waals surface area contributed by atoms with Crippen molar-refractivity contribution in [3.8, 4) is 0 Å². The molecule has 0 heterocycles. The molecule has 0 saturated carbocycles. The van der Waals surface area contributed by atoms with Gasteiger partial charge in [0.25, 0.3) is 10.0 Å². The van der Waals surface area contributed by atoms with Crippen molar-refractivity contribution < 1.29 is 13.2 Å². The van der Waals surface area contributed by atoms with Crippen molar-refractivity contribution in [3.05, 3.63) is 88.9 Å². The predicted octanol–water partition coefficient (Wildman–Crippen LogP) is 5.04. The number of halogens is 1. The van der Waals surface area contributed by atoms with E-state index < -0.39 is 15.9 Å². The van der Waals surface area contributed by atoms with Crippen molar-refractivity contribution in [2.75, 3.05) is 16.2 Å². The summed E-state index contributed by atoms with van der Waals surface area (Å²) in [5.74, 6) is -0.439. The fourth-order valence-corrected chi connectivity index (χ4v) is 4.87. The Bertz CT molecular complexity index is 1150. The summed E-state index contributed by atoms with van der Waals surface area (Å²) in [6.07, 6.45) is 0.634. The molecule has 3 aromatic carbocycles. The van der Waals surface area contributed by atoms with E-state index in [0.717, 1.165) is 11.1 Å². The summed E-state index contributed by atoms with van der Waals surface area (Å²) < 4.78 is 28.0. The number of carbonyl (C=O) groups excluding carboxylic acids is 1. The van der Waals surface area contributed by atoms with E-state index in [-0.39, 0.29) is 11.4 Å². The van der Waals surface area contributed by atoms with Crippen molar-refractivity contribution in [3.63, 3.8) is 0 Å². The van der Waals surface area contributed by atoms with Gasteiger partial charge >= 0.3 is 0 Å². The normalized spacial score (nSPS) is 11.2. The van der Waals surface area contributed by atoms with Crippen molar-refractivity contribution >= 4 is 38.9 Å². The number of sulfonamides is 1. The van der Waals surface area contributed by atoms with Gasteiger partial charge in [0.05, 0.1) is 10.6 Å². The van der Waals surface area contributed by atoms with Crippen molar-refractivity contribution in [2.45, 2.75) is 25.2 Å². The summed E-state index contributed by atoms with van der Waals surface area (Å²) in [5.41, 5.74) is 2.71. The molecule has 0 aliphatic rings. The van der Waals surface area contributed by atoms with Crippen LogP contribution >= 0.6 is 11.6 Å². The van der Waals surface area contributed by atoms with Crippen LogP contribution < -0.4 is 9.62 Å². The van der Waals surface area contributed by atoms with E-state index in [0.29, 0.717) is 22.8 Å². The fraction of sp³-hybridized carbons (Fsp3) is 0.174. The molecule has 0 aliphatic heterocycles. The molecule has 0 fully saturated rings. The lowest BCUT2D eigenvalue weighted by Crippen LogP contribution is -2.38. The lowest BCUT2D eigenvalue weighted by molar-refractivity contribution is -0.114. The van der Waals surface area contributed by atoms with Crippen LogP contribution in [0.5, 0.6) is 0 Å². The first kappa shape index (κ1) is 21.9. The molecule has 7 heteroatoms. The quantitative estimate of drug-likeness (QED) is 0.557. The van der Waals surface area contributed by atoms with Gasteiger partial charge < -0.3 is 5.32 Å². The highest BCUT2D eigenvalue weighted by Crippen LogP contribution is 2.28. The number of para-hydroxylation sites is 1. The number of hydrogen-bond acceptors (Lipinski definition) is 3. The van der Waals surface area contributed by atoms with Crippen LogP contribution in [0, 0.1) is 6.92 Å². The summed E-state index contributed by atoms with van der Waals surface area (Å²) in [6, 6.07) is 20.4. The summed E-state index contributed by atoms with van der Waals surface area (Å²) in [5, 5.41) is 3.36. The Labute approximate surface area is 182 Å². The van der Waals surface area contributed by atoms with Crippen LogP contribution in [0.4, 0.5) is 11.4 Å². The van der Waals surface area contributed by atoms with Gasteiger partial charge in [-0.1, -0.05) is 54.9 Å². The molecule has 5 nitrogen and oxygen atoms in total. The second kappa shape index (κ2) is 9.32. The second-order valence-corrected chi connectivity index (χ2v) is 9.11. The SMILES string of the molecule is CCc1ccccc1N(CC(=O)Nc1ccc(Cl)cc1C)S(=O)(=O)c1ccccc1. The maximum Gasteiger partial charge on any atom is 0.264 e. The van der Waals surface area contributed by atoms with Gasteiger partial charge in [0.2, 0.25) is 5.91 Å². The Morgan fingerprint density at radius 3 is 2.33 bits per heavy atom. The number of benzene rings is 3. The average Bonchev–Trinajstić information content (AvgIpc) is 2.74. The molecule has 0 aliphatic carbocycles. The van der Waals surface area contributed by atoms with Crippen LogP contribution in [-0.2, 0) is 21.2 Å². The van der Waals surface area contributed by atoms with Crippen LogP contribution in [0.3, 0.4) is 0 Å². The molecule has 0 unspecified atom stereocenters. The summed E-state index contributed by atoms with van der Waals surface area (Å²) >= 11 is 5.98. The van der Waals surface area contributed by atoms with E-state index >= 15 is 0 Å². The van der Waals surface area contributed by atoms with E-state index in [1.54, 1.807) is 48.5 Å². The van der Waals surface area contributed by atoms with Crippen LogP contribution in [0.15, 0.2) is 77.7 Å². The minimum absolute atomic E-state index is 0.131. The Morgan fingerprint density at radius 1 is 1.00 bits per heavy atom. The van der Waals surface area contributed by atoms with Gasteiger partial charge in [0, 0.05) is 10.7 Å². The van der Waals surface area contributed by atoms with Crippen LogP contribution in [0.25, 0.3) is 0 Å². The van der Waals surface area contributed by atoms with Gasteiger partial charge in [0.1, 0.15) is 6.54 Å². The van der Waals surface area contributed by atoms with Crippen LogP contribution in [-0.4, -0.2) is 20.9 Å². The average molecular weight is 443 g/mol.